The van der Waals surface area contributed by atoms with Gasteiger partial charge in [-0.05, 0) is 30.2 Å². The van der Waals surface area contributed by atoms with E-state index in [-0.39, 0.29) is 6.03 Å². The number of aromatic nitrogens is 2. The van der Waals surface area contributed by atoms with Gasteiger partial charge >= 0.3 is 6.03 Å². The number of hydrogen-bond donors (Lipinski definition) is 1. The van der Waals surface area contributed by atoms with Crippen molar-refractivity contribution in [2.24, 2.45) is 0 Å². The highest BCUT2D eigenvalue weighted by Crippen LogP contribution is 2.27. The van der Waals surface area contributed by atoms with Gasteiger partial charge in [-0.25, -0.2) is 9.78 Å². The lowest BCUT2D eigenvalue weighted by Crippen LogP contribution is -2.39. The Kier molecular flexibility index (Phi) is 3.46. The van der Waals surface area contributed by atoms with E-state index in [9.17, 15) is 4.79 Å². The van der Waals surface area contributed by atoms with E-state index in [0.29, 0.717) is 6.54 Å². The van der Waals surface area contributed by atoms with E-state index in [4.69, 9.17) is 0 Å². The number of carbonyl (C=O) groups is 1. The molecule has 3 heterocycles. The van der Waals surface area contributed by atoms with Gasteiger partial charge in [-0.3, -0.25) is 4.90 Å². The molecule has 5 nitrogen and oxygen atoms in total. The second-order valence-electron chi connectivity index (χ2n) is 5.71. The van der Waals surface area contributed by atoms with Crippen LogP contribution in [0, 0.1) is 0 Å². The summed E-state index contributed by atoms with van der Waals surface area (Å²) in [6, 6.07) is 14.0. The Hall–Kier alpha value is -2.82. The molecule has 0 radical (unpaired) electrons. The molecule has 0 spiro atoms. The number of rotatable bonds is 3. The summed E-state index contributed by atoms with van der Waals surface area (Å²) in [5, 5.41) is 3.00. The van der Waals surface area contributed by atoms with Gasteiger partial charge in [0.05, 0.1) is 5.69 Å². The van der Waals surface area contributed by atoms with Crippen molar-refractivity contribution in [1.82, 2.24) is 14.7 Å². The lowest BCUT2D eigenvalue weighted by Gasteiger charge is -2.17. The molecule has 1 aromatic carbocycles. The van der Waals surface area contributed by atoms with Crippen LogP contribution in [-0.2, 0) is 12.8 Å². The van der Waals surface area contributed by atoms with E-state index in [1.54, 1.807) is 0 Å². The fourth-order valence-corrected chi connectivity index (χ4v) is 3.05. The van der Waals surface area contributed by atoms with Crippen LogP contribution in [-0.4, -0.2) is 28.5 Å². The molecule has 2 amide bonds. The first-order valence-electron chi connectivity index (χ1n) is 7.87. The van der Waals surface area contributed by atoms with Crippen LogP contribution in [0.15, 0.2) is 54.9 Å². The normalized spacial score (nSPS) is 13.3. The standard InChI is InChI=1S/C18H18N4O/c23-18(22-12-9-14-5-1-2-6-16(14)22)19-10-8-15-13-21-11-4-3-7-17(21)20-15/h1-7,11,13H,8-10,12H2,(H,19,23). The van der Waals surface area contributed by atoms with Gasteiger partial charge in [-0.15, -0.1) is 0 Å². The van der Waals surface area contributed by atoms with Crippen LogP contribution >= 0.6 is 0 Å². The molecule has 5 heteroatoms. The molecule has 116 valence electrons. The number of urea groups is 1. The molecule has 0 saturated carbocycles. The fourth-order valence-electron chi connectivity index (χ4n) is 3.05. The van der Waals surface area contributed by atoms with Crippen LogP contribution in [0.25, 0.3) is 5.65 Å². The second kappa shape index (κ2) is 5.76. The van der Waals surface area contributed by atoms with E-state index < -0.39 is 0 Å². The number of carbonyl (C=O) groups excluding carboxylic acids is 1. The number of benzene rings is 1. The van der Waals surface area contributed by atoms with Crippen molar-refractivity contribution < 1.29 is 4.79 Å². The molecule has 0 fully saturated rings. The van der Waals surface area contributed by atoms with Crippen molar-refractivity contribution in [3.63, 3.8) is 0 Å². The number of fused-ring (bicyclic) bond motifs is 2. The molecule has 0 saturated heterocycles. The molecule has 1 aliphatic heterocycles. The van der Waals surface area contributed by atoms with Crippen LogP contribution in [0.2, 0.25) is 0 Å². The number of para-hydroxylation sites is 1. The highest BCUT2D eigenvalue weighted by atomic mass is 16.2. The maximum atomic E-state index is 12.4. The van der Waals surface area contributed by atoms with Crippen LogP contribution in [0.5, 0.6) is 0 Å². The quantitative estimate of drug-likeness (QED) is 0.809. The van der Waals surface area contributed by atoms with Crippen molar-refractivity contribution in [1.29, 1.82) is 0 Å². The van der Waals surface area contributed by atoms with Crippen molar-refractivity contribution >= 4 is 17.4 Å². The zero-order valence-corrected chi connectivity index (χ0v) is 12.8. The Morgan fingerprint density at radius 1 is 1.17 bits per heavy atom. The predicted octanol–water partition coefficient (Wildman–Crippen LogP) is 2.65. The largest absolute Gasteiger partial charge is 0.337 e. The third-order valence-corrected chi connectivity index (χ3v) is 4.20. The van der Waals surface area contributed by atoms with Gasteiger partial charge in [-0.2, -0.15) is 0 Å². The zero-order chi connectivity index (χ0) is 15.6. The van der Waals surface area contributed by atoms with Gasteiger partial charge in [0.25, 0.3) is 0 Å². The van der Waals surface area contributed by atoms with Gasteiger partial charge in [0, 0.05) is 37.6 Å². The Bertz CT molecular complexity index is 822. The molecule has 0 atom stereocenters. The van der Waals surface area contributed by atoms with Crippen molar-refractivity contribution in [3.8, 4) is 0 Å². The summed E-state index contributed by atoms with van der Waals surface area (Å²) in [6.07, 6.45) is 5.64. The molecule has 0 bridgehead atoms. The summed E-state index contributed by atoms with van der Waals surface area (Å²) in [7, 11) is 0. The Balaban J connectivity index is 1.37. The maximum Gasteiger partial charge on any atom is 0.321 e. The highest BCUT2D eigenvalue weighted by molar-refractivity contribution is 5.94. The smallest absolute Gasteiger partial charge is 0.321 e. The van der Waals surface area contributed by atoms with E-state index in [1.807, 2.05) is 58.1 Å². The minimum absolute atomic E-state index is 0.0290. The summed E-state index contributed by atoms with van der Waals surface area (Å²) >= 11 is 0. The average molecular weight is 306 g/mol. The number of imidazole rings is 1. The molecule has 0 aliphatic carbocycles. The summed E-state index contributed by atoms with van der Waals surface area (Å²) in [6.45, 7) is 1.33. The topological polar surface area (TPSA) is 49.6 Å². The van der Waals surface area contributed by atoms with E-state index in [1.165, 1.54) is 5.56 Å². The van der Waals surface area contributed by atoms with Gasteiger partial charge < -0.3 is 9.72 Å². The fraction of sp³-hybridized carbons (Fsp3) is 0.222. The van der Waals surface area contributed by atoms with Crippen LogP contribution in [0.1, 0.15) is 11.3 Å². The molecular weight excluding hydrogens is 288 g/mol. The molecular formula is C18H18N4O. The van der Waals surface area contributed by atoms with Crippen LogP contribution < -0.4 is 10.2 Å². The van der Waals surface area contributed by atoms with E-state index in [2.05, 4.69) is 16.4 Å². The van der Waals surface area contributed by atoms with Crippen molar-refractivity contribution in [2.45, 2.75) is 12.8 Å². The van der Waals surface area contributed by atoms with E-state index >= 15 is 0 Å². The van der Waals surface area contributed by atoms with Crippen molar-refractivity contribution in [3.05, 3.63) is 66.1 Å². The zero-order valence-electron chi connectivity index (χ0n) is 12.8. The monoisotopic (exact) mass is 306 g/mol. The van der Waals surface area contributed by atoms with Gasteiger partial charge in [-0.1, -0.05) is 24.3 Å². The minimum atomic E-state index is -0.0290. The average Bonchev–Trinajstić information content (AvgIpc) is 3.18. The minimum Gasteiger partial charge on any atom is -0.337 e. The summed E-state index contributed by atoms with van der Waals surface area (Å²) < 4.78 is 1.99. The lowest BCUT2D eigenvalue weighted by atomic mass is 10.2. The van der Waals surface area contributed by atoms with Gasteiger partial charge in [0.1, 0.15) is 5.65 Å². The number of hydrogen-bond acceptors (Lipinski definition) is 2. The van der Waals surface area contributed by atoms with Crippen LogP contribution in [0.4, 0.5) is 10.5 Å². The highest BCUT2D eigenvalue weighted by Gasteiger charge is 2.23. The summed E-state index contributed by atoms with van der Waals surface area (Å²) in [4.78, 5) is 18.7. The number of amides is 2. The second-order valence-corrected chi connectivity index (χ2v) is 5.71. The first-order valence-corrected chi connectivity index (χ1v) is 7.87. The molecule has 1 aliphatic rings. The van der Waals surface area contributed by atoms with E-state index in [0.717, 1.165) is 36.4 Å². The molecule has 4 rings (SSSR count). The summed E-state index contributed by atoms with van der Waals surface area (Å²) in [5.74, 6) is 0. The van der Waals surface area contributed by atoms with Crippen LogP contribution in [0.3, 0.4) is 0 Å². The Labute approximate surface area is 134 Å². The number of anilines is 1. The van der Waals surface area contributed by atoms with Gasteiger partial charge in [0.15, 0.2) is 0 Å². The molecule has 1 N–H and O–H groups in total. The Morgan fingerprint density at radius 2 is 2.04 bits per heavy atom. The third kappa shape index (κ3) is 2.65. The SMILES string of the molecule is O=C(NCCc1cn2ccccc2n1)N1CCc2ccccc21. The maximum absolute atomic E-state index is 12.4. The lowest BCUT2D eigenvalue weighted by molar-refractivity contribution is 0.247. The number of nitrogens with one attached hydrogen (secondary N) is 1. The Morgan fingerprint density at radius 3 is 2.96 bits per heavy atom. The molecule has 0 unspecified atom stereocenters. The third-order valence-electron chi connectivity index (χ3n) is 4.20. The number of pyridine rings is 1. The van der Waals surface area contributed by atoms with Crippen molar-refractivity contribution in [2.75, 3.05) is 18.0 Å². The molecule has 3 aromatic rings. The first-order chi connectivity index (χ1) is 11.3. The predicted molar refractivity (Wildman–Crippen MR) is 89.8 cm³/mol. The molecule has 23 heavy (non-hydrogen) atoms. The molecule has 2 aromatic heterocycles. The number of nitrogens with zero attached hydrogens (tertiary/aromatic N) is 3. The first kappa shape index (κ1) is 13.8. The van der Waals surface area contributed by atoms with Gasteiger partial charge in [0.2, 0.25) is 0 Å². The summed E-state index contributed by atoms with van der Waals surface area (Å²) in [5.41, 5.74) is 4.18.